The fourth-order valence-electron chi connectivity index (χ4n) is 1.41. The van der Waals surface area contributed by atoms with E-state index < -0.39 is 5.97 Å². The summed E-state index contributed by atoms with van der Waals surface area (Å²) < 4.78 is 9.97. The number of cyclic esters (lactones) is 1. The van der Waals surface area contributed by atoms with Crippen molar-refractivity contribution < 1.29 is 14.3 Å². The number of rotatable bonds is 4. The smallest absolute Gasteiger partial charge is 0.367 e. The van der Waals surface area contributed by atoms with Gasteiger partial charge in [0.25, 0.3) is 0 Å². The minimum Gasteiger partial charge on any atom is -0.499 e. The van der Waals surface area contributed by atoms with E-state index in [1.54, 1.807) is 18.2 Å². The Morgan fingerprint density at radius 3 is 2.89 bits per heavy atom. The van der Waals surface area contributed by atoms with Crippen LogP contribution in [-0.2, 0) is 14.3 Å². The Balaban J connectivity index is 2.12. The largest absolute Gasteiger partial charge is 0.499 e. The summed E-state index contributed by atoms with van der Waals surface area (Å²) >= 11 is 6.01. The topological polar surface area (TPSA) is 47.9 Å². The summed E-state index contributed by atoms with van der Waals surface area (Å²) in [6.07, 6.45) is 4.61. The van der Waals surface area contributed by atoms with E-state index in [4.69, 9.17) is 21.1 Å². The highest BCUT2D eigenvalue weighted by molar-refractivity contribution is 6.32. The van der Waals surface area contributed by atoms with Gasteiger partial charge in [0, 0.05) is 11.1 Å². The van der Waals surface area contributed by atoms with Crippen LogP contribution in [-0.4, -0.2) is 18.5 Å². The number of carbonyl (C=O) groups is 1. The van der Waals surface area contributed by atoms with Gasteiger partial charge in [0.05, 0.1) is 6.61 Å². The predicted octanol–water partition coefficient (Wildman–Crippen LogP) is 3.19. The van der Waals surface area contributed by atoms with Crippen molar-refractivity contribution in [1.29, 1.82) is 0 Å². The Hall–Kier alpha value is -2.07. The van der Waals surface area contributed by atoms with Gasteiger partial charge in [0.1, 0.15) is 6.26 Å². The van der Waals surface area contributed by atoms with Crippen LogP contribution in [0.15, 0.2) is 47.3 Å². The highest BCUT2D eigenvalue weighted by Gasteiger charge is 2.21. The lowest BCUT2D eigenvalue weighted by Crippen LogP contribution is -2.01. The van der Waals surface area contributed by atoms with E-state index in [9.17, 15) is 4.79 Å². The minimum absolute atomic E-state index is 0.153. The van der Waals surface area contributed by atoms with Crippen LogP contribution in [0.2, 0.25) is 5.02 Å². The van der Waals surface area contributed by atoms with Crippen molar-refractivity contribution in [2.24, 2.45) is 4.99 Å². The van der Waals surface area contributed by atoms with Gasteiger partial charge in [-0.25, -0.2) is 9.79 Å². The second-order valence-corrected chi connectivity index (χ2v) is 4.06. The first-order chi connectivity index (χ1) is 9.20. The fourth-order valence-corrected chi connectivity index (χ4v) is 1.61. The Bertz CT molecular complexity index is 576. The molecule has 1 heterocycles. The molecule has 0 saturated carbocycles. The molecule has 0 N–H and O–H groups in total. The van der Waals surface area contributed by atoms with Gasteiger partial charge in [-0.05, 0) is 24.6 Å². The Morgan fingerprint density at radius 1 is 1.37 bits per heavy atom. The van der Waals surface area contributed by atoms with Gasteiger partial charge in [-0.2, -0.15) is 0 Å². The number of benzene rings is 1. The number of nitrogens with zero attached hydrogens (tertiary/aromatic N) is 1. The molecule has 0 amide bonds. The molecular formula is C14H12ClNO3. The molecule has 1 aliphatic rings. The first-order valence-electron chi connectivity index (χ1n) is 5.76. The lowest BCUT2D eigenvalue weighted by atomic mass is 10.2. The van der Waals surface area contributed by atoms with Crippen molar-refractivity contribution in [2.45, 2.75) is 6.92 Å². The van der Waals surface area contributed by atoms with Crippen LogP contribution in [0.5, 0.6) is 0 Å². The molecule has 0 spiro atoms. The minimum atomic E-state index is -0.521. The Morgan fingerprint density at radius 2 is 2.16 bits per heavy atom. The van der Waals surface area contributed by atoms with Crippen LogP contribution < -0.4 is 0 Å². The summed E-state index contributed by atoms with van der Waals surface area (Å²) in [5, 5.41) is 0.619. The van der Waals surface area contributed by atoms with E-state index in [0.29, 0.717) is 11.6 Å². The van der Waals surface area contributed by atoms with Crippen LogP contribution >= 0.6 is 11.6 Å². The maximum Gasteiger partial charge on any atom is 0.367 e. The molecule has 1 aromatic rings. The van der Waals surface area contributed by atoms with Gasteiger partial charge < -0.3 is 9.47 Å². The zero-order valence-corrected chi connectivity index (χ0v) is 11.1. The normalized spacial score (nSPS) is 16.8. The molecular weight excluding hydrogens is 266 g/mol. The molecule has 5 heteroatoms. The zero-order chi connectivity index (χ0) is 13.7. The molecule has 2 rings (SSSR count). The molecule has 19 heavy (non-hydrogen) atoms. The standard InChI is InChI=1S/C14H12ClNO3/c1-2-18-9-12-14(17)19-13(16-12)8-7-10-5-3-4-6-11(10)15/h3-9H,2H2,1H3. The lowest BCUT2D eigenvalue weighted by Gasteiger charge is -1.96. The van der Waals surface area contributed by atoms with E-state index >= 15 is 0 Å². The van der Waals surface area contributed by atoms with Gasteiger partial charge in [-0.3, -0.25) is 0 Å². The average molecular weight is 278 g/mol. The third-order valence-corrected chi connectivity index (χ3v) is 2.65. The summed E-state index contributed by atoms with van der Waals surface area (Å²) in [5.41, 5.74) is 0.978. The number of halogens is 1. The molecule has 0 aliphatic carbocycles. The Kier molecular flexibility index (Phi) is 4.36. The number of esters is 1. The molecule has 1 aromatic carbocycles. The Labute approximate surface area is 116 Å². The van der Waals surface area contributed by atoms with Crippen molar-refractivity contribution in [3.8, 4) is 0 Å². The molecule has 0 bridgehead atoms. The van der Waals surface area contributed by atoms with E-state index in [0.717, 1.165) is 5.56 Å². The van der Waals surface area contributed by atoms with Crippen LogP contribution in [0.3, 0.4) is 0 Å². The summed E-state index contributed by atoms with van der Waals surface area (Å²) in [7, 11) is 0. The summed E-state index contributed by atoms with van der Waals surface area (Å²) in [4.78, 5) is 15.4. The van der Waals surface area contributed by atoms with Gasteiger partial charge in [-0.1, -0.05) is 29.8 Å². The van der Waals surface area contributed by atoms with Gasteiger partial charge >= 0.3 is 5.97 Å². The SMILES string of the molecule is CCOC=C1N=C(C=Cc2ccccc2Cl)OC1=O. The summed E-state index contributed by atoms with van der Waals surface area (Å²) in [6, 6.07) is 7.35. The number of carbonyl (C=O) groups excluding carboxylic acids is 1. The maximum atomic E-state index is 11.4. The summed E-state index contributed by atoms with van der Waals surface area (Å²) in [6.45, 7) is 2.29. The second-order valence-electron chi connectivity index (χ2n) is 3.65. The quantitative estimate of drug-likeness (QED) is 0.482. The van der Waals surface area contributed by atoms with Gasteiger partial charge in [-0.15, -0.1) is 0 Å². The molecule has 0 unspecified atom stereocenters. The third-order valence-electron chi connectivity index (χ3n) is 2.31. The fraction of sp³-hybridized carbons (Fsp3) is 0.143. The maximum absolute atomic E-state index is 11.4. The van der Waals surface area contributed by atoms with Crippen molar-refractivity contribution in [1.82, 2.24) is 0 Å². The highest BCUT2D eigenvalue weighted by atomic mass is 35.5. The van der Waals surface area contributed by atoms with Crippen molar-refractivity contribution >= 4 is 29.5 Å². The number of ether oxygens (including phenoxy) is 2. The van der Waals surface area contributed by atoms with Crippen LogP contribution in [0.25, 0.3) is 6.08 Å². The first kappa shape index (κ1) is 13.4. The zero-order valence-electron chi connectivity index (χ0n) is 10.3. The molecule has 0 atom stereocenters. The average Bonchev–Trinajstić information content (AvgIpc) is 2.76. The number of hydrogen-bond donors (Lipinski definition) is 0. The van der Waals surface area contributed by atoms with Crippen LogP contribution in [0.4, 0.5) is 0 Å². The van der Waals surface area contributed by atoms with Crippen LogP contribution in [0, 0.1) is 0 Å². The first-order valence-corrected chi connectivity index (χ1v) is 6.13. The molecule has 0 saturated heterocycles. The second kappa shape index (κ2) is 6.20. The van der Waals surface area contributed by atoms with E-state index in [-0.39, 0.29) is 11.6 Å². The molecule has 1 aliphatic heterocycles. The molecule has 0 aromatic heterocycles. The predicted molar refractivity (Wildman–Crippen MR) is 73.7 cm³/mol. The molecule has 0 radical (unpaired) electrons. The number of aliphatic imine (C=N–C) groups is 1. The van der Waals surface area contributed by atoms with Crippen molar-refractivity contribution in [3.05, 3.63) is 52.9 Å². The lowest BCUT2D eigenvalue weighted by molar-refractivity contribution is -0.130. The van der Waals surface area contributed by atoms with E-state index in [2.05, 4.69) is 4.99 Å². The van der Waals surface area contributed by atoms with E-state index in [1.165, 1.54) is 6.26 Å². The van der Waals surface area contributed by atoms with Gasteiger partial charge in [0.15, 0.2) is 5.70 Å². The van der Waals surface area contributed by atoms with Crippen molar-refractivity contribution in [2.75, 3.05) is 6.61 Å². The number of hydrogen-bond acceptors (Lipinski definition) is 4. The van der Waals surface area contributed by atoms with Crippen LogP contribution in [0.1, 0.15) is 12.5 Å². The summed E-state index contributed by atoms with van der Waals surface area (Å²) in [5.74, 6) is -0.303. The van der Waals surface area contributed by atoms with E-state index in [1.807, 2.05) is 25.1 Å². The third kappa shape index (κ3) is 3.45. The molecule has 0 fully saturated rings. The molecule has 98 valence electrons. The molecule has 4 nitrogen and oxygen atoms in total. The highest BCUT2D eigenvalue weighted by Crippen LogP contribution is 2.18. The monoisotopic (exact) mass is 277 g/mol. The van der Waals surface area contributed by atoms with Crippen molar-refractivity contribution in [3.63, 3.8) is 0 Å². The van der Waals surface area contributed by atoms with Gasteiger partial charge in [0.2, 0.25) is 5.90 Å².